The summed E-state index contributed by atoms with van der Waals surface area (Å²) in [6.45, 7) is 0.342. The Labute approximate surface area is 90.0 Å². The molecule has 0 aliphatic carbocycles. The van der Waals surface area contributed by atoms with Crippen molar-refractivity contribution in [2.45, 2.75) is 19.0 Å². The molecule has 2 nitrogen and oxygen atoms in total. The van der Waals surface area contributed by atoms with Crippen LogP contribution in [0.15, 0.2) is 24.3 Å². The molecule has 6 heteroatoms. The Morgan fingerprint density at radius 3 is 2.56 bits per heavy atom. The van der Waals surface area contributed by atoms with E-state index in [9.17, 15) is 17.6 Å². The predicted octanol–water partition coefficient (Wildman–Crippen LogP) is 2.42. The standard InChI is InChI=1S/C10H11F4NO/c11-9(12)10(13,14)16-8-3-1-2-7(6-8)4-5-15/h1-3,6,9H,4-5,15H2. The van der Waals surface area contributed by atoms with Crippen LogP contribution in [-0.2, 0) is 6.42 Å². The predicted molar refractivity (Wildman–Crippen MR) is 50.8 cm³/mol. The number of nitrogens with two attached hydrogens (primary N) is 1. The van der Waals surface area contributed by atoms with Gasteiger partial charge in [-0.3, -0.25) is 0 Å². The topological polar surface area (TPSA) is 35.2 Å². The normalized spacial score (nSPS) is 11.9. The summed E-state index contributed by atoms with van der Waals surface area (Å²) < 4.78 is 52.7. The highest BCUT2D eigenvalue weighted by atomic mass is 19.3. The fourth-order valence-corrected chi connectivity index (χ4v) is 1.13. The first-order valence-corrected chi connectivity index (χ1v) is 4.59. The molecule has 0 atom stereocenters. The lowest BCUT2D eigenvalue weighted by Gasteiger charge is -2.17. The highest BCUT2D eigenvalue weighted by Crippen LogP contribution is 2.27. The minimum absolute atomic E-state index is 0.295. The second kappa shape index (κ2) is 5.16. The molecule has 0 amide bonds. The first-order valence-electron chi connectivity index (χ1n) is 4.59. The van der Waals surface area contributed by atoms with Gasteiger partial charge in [-0.1, -0.05) is 12.1 Å². The summed E-state index contributed by atoms with van der Waals surface area (Å²) >= 11 is 0. The zero-order chi connectivity index (χ0) is 12.2. The molecule has 0 radical (unpaired) electrons. The smallest absolute Gasteiger partial charge is 0.428 e. The van der Waals surface area contributed by atoms with Crippen LogP contribution in [-0.4, -0.2) is 19.1 Å². The molecule has 0 spiro atoms. The van der Waals surface area contributed by atoms with Crippen molar-refractivity contribution in [2.75, 3.05) is 6.54 Å². The summed E-state index contributed by atoms with van der Waals surface area (Å²) in [5.41, 5.74) is 5.93. The first kappa shape index (κ1) is 12.8. The van der Waals surface area contributed by atoms with Crippen LogP contribution in [0, 0.1) is 0 Å². The van der Waals surface area contributed by atoms with Gasteiger partial charge in [-0.05, 0) is 30.7 Å². The number of ether oxygens (including phenoxy) is 1. The molecule has 1 rings (SSSR count). The zero-order valence-electron chi connectivity index (χ0n) is 8.30. The average Bonchev–Trinajstić information content (AvgIpc) is 2.17. The monoisotopic (exact) mass is 237 g/mol. The third-order valence-electron chi connectivity index (χ3n) is 1.84. The number of rotatable bonds is 5. The van der Waals surface area contributed by atoms with Gasteiger partial charge >= 0.3 is 12.5 Å². The third kappa shape index (κ3) is 3.37. The van der Waals surface area contributed by atoms with Crippen LogP contribution in [0.1, 0.15) is 5.56 Å². The maximum Gasteiger partial charge on any atom is 0.461 e. The van der Waals surface area contributed by atoms with Crippen LogP contribution >= 0.6 is 0 Å². The molecular formula is C10H11F4NO. The summed E-state index contributed by atoms with van der Waals surface area (Å²) in [5, 5.41) is 0. The molecule has 1 aromatic carbocycles. The van der Waals surface area contributed by atoms with Gasteiger partial charge in [0.2, 0.25) is 0 Å². The van der Waals surface area contributed by atoms with Crippen LogP contribution < -0.4 is 10.5 Å². The molecule has 0 aliphatic heterocycles. The summed E-state index contributed by atoms with van der Waals surface area (Å²) in [6, 6.07) is 5.56. The Balaban J connectivity index is 2.77. The van der Waals surface area contributed by atoms with Crippen LogP contribution in [0.25, 0.3) is 0 Å². The van der Waals surface area contributed by atoms with E-state index in [-0.39, 0.29) is 5.75 Å². The number of hydrogen-bond acceptors (Lipinski definition) is 2. The van der Waals surface area contributed by atoms with Gasteiger partial charge in [-0.15, -0.1) is 0 Å². The van der Waals surface area contributed by atoms with Crippen molar-refractivity contribution in [1.82, 2.24) is 0 Å². The molecule has 0 bridgehead atoms. The molecule has 0 aliphatic rings. The maximum absolute atomic E-state index is 12.6. The van der Waals surface area contributed by atoms with Gasteiger partial charge < -0.3 is 10.5 Å². The average molecular weight is 237 g/mol. The lowest BCUT2D eigenvalue weighted by atomic mass is 10.1. The van der Waals surface area contributed by atoms with Gasteiger partial charge in [0.05, 0.1) is 0 Å². The largest absolute Gasteiger partial charge is 0.461 e. The van der Waals surface area contributed by atoms with E-state index in [0.717, 1.165) is 0 Å². The fourth-order valence-electron chi connectivity index (χ4n) is 1.13. The SMILES string of the molecule is NCCc1cccc(OC(F)(F)C(F)F)c1. The highest BCUT2D eigenvalue weighted by molar-refractivity contribution is 5.29. The lowest BCUT2D eigenvalue weighted by Crippen LogP contribution is -2.33. The summed E-state index contributed by atoms with van der Waals surface area (Å²) in [4.78, 5) is 0. The molecule has 1 aromatic rings. The molecule has 0 fully saturated rings. The van der Waals surface area contributed by atoms with Crippen LogP contribution in [0.2, 0.25) is 0 Å². The van der Waals surface area contributed by atoms with Crippen LogP contribution in [0.4, 0.5) is 17.6 Å². The number of alkyl halides is 4. The number of benzene rings is 1. The Kier molecular flexibility index (Phi) is 4.12. The Morgan fingerprint density at radius 2 is 2.00 bits per heavy atom. The first-order chi connectivity index (χ1) is 7.45. The minimum Gasteiger partial charge on any atom is -0.428 e. The summed E-state index contributed by atoms with van der Waals surface area (Å²) in [5.74, 6) is -0.295. The van der Waals surface area contributed by atoms with Crippen molar-refractivity contribution in [3.8, 4) is 5.75 Å². The fraction of sp³-hybridized carbons (Fsp3) is 0.400. The second-order valence-electron chi connectivity index (χ2n) is 3.15. The van der Waals surface area contributed by atoms with E-state index in [0.29, 0.717) is 18.5 Å². The molecule has 0 heterocycles. The van der Waals surface area contributed by atoms with Crippen molar-refractivity contribution in [2.24, 2.45) is 5.73 Å². The van der Waals surface area contributed by atoms with Crippen molar-refractivity contribution in [1.29, 1.82) is 0 Å². The minimum atomic E-state index is -4.47. The van der Waals surface area contributed by atoms with Crippen LogP contribution in [0.5, 0.6) is 5.75 Å². The van der Waals surface area contributed by atoms with Crippen molar-refractivity contribution in [3.05, 3.63) is 29.8 Å². The molecule has 90 valence electrons. The van der Waals surface area contributed by atoms with Crippen molar-refractivity contribution >= 4 is 0 Å². The summed E-state index contributed by atoms with van der Waals surface area (Å²) in [6.07, 6.45) is -7.86. The van der Waals surface area contributed by atoms with Gasteiger partial charge in [-0.2, -0.15) is 17.6 Å². The Hall–Kier alpha value is -1.30. The molecule has 0 saturated heterocycles. The van der Waals surface area contributed by atoms with E-state index < -0.39 is 12.5 Å². The summed E-state index contributed by atoms with van der Waals surface area (Å²) in [7, 11) is 0. The van der Waals surface area contributed by atoms with Crippen molar-refractivity contribution < 1.29 is 22.3 Å². The zero-order valence-corrected chi connectivity index (χ0v) is 8.30. The van der Waals surface area contributed by atoms with Crippen LogP contribution in [0.3, 0.4) is 0 Å². The van der Waals surface area contributed by atoms with E-state index in [4.69, 9.17) is 5.73 Å². The molecule has 0 aromatic heterocycles. The number of hydrogen-bond donors (Lipinski definition) is 1. The van der Waals surface area contributed by atoms with Crippen molar-refractivity contribution in [3.63, 3.8) is 0 Å². The molecule has 0 saturated carbocycles. The lowest BCUT2D eigenvalue weighted by molar-refractivity contribution is -0.253. The van der Waals surface area contributed by atoms with E-state index in [2.05, 4.69) is 4.74 Å². The quantitative estimate of drug-likeness (QED) is 0.798. The van der Waals surface area contributed by atoms with Gasteiger partial charge in [0.25, 0.3) is 0 Å². The molecule has 2 N–H and O–H groups in total. The van der Waals surface area contributed by atoms with E-state index in [1.165, 1.54) is 18.2 Å². The molecule has 0 unspecified atom stereocenters. The number of halogens is 4. The van der Waals surface area contributed by atoms with Gasteiger partial charge in [0.1, 0.15) is 5.75 Å². The second-order valence-corrected chi connectivity index (χ2v) is 3.15. The molecule has 16 heavy (non-hydrogen) atoms. The van der Waals surface area contributed by atoms with Gasteiger partial charge in [0, 0.05) is 0 Å². The third-order valence-corrected chi connectivity index (χ3v) is 1.84. The van der Waals surface area contributed by atoms with E-state index in [1.54, 1.807) is 6.07 Å². The van der Waals surface area contributed by atoms with E-state index in [1.807, 2.05) is 0 Å². The maximum atomic E-state index is 12.6. The Morgan fingerprint density at radius 1 is 1.31 bits per heavy atom. The van der Waals surface area contributed by atoms with E-state index >= 15 is 0 Å². The molecular weight excluding hydrogens is 226 g/mol. The van der Waals surface area contributed by atoms with Gasteiger partial charge in [0.15, 0.2) is 0 Å². The van der Waals surface area contributed by atoms with Gasteiger partial charge in [-0.25, -0.2) is 0 Å². The Bertz CT molecular complexity index is 343. The highest BCUT2D eigenvalue weighted by Gasteiger charge is 2.43.